The number of nitrogens with zero attached hydrogens (tertiary/aromatic N) is 2. The highest BCUT2D eigenvalue weighted by Crippen LogP contribution is 2.26. The van der Waals surface area contributed by atoms with Crippen LogP contribution in [0.4, 0.5) is 5.69 Å². The molecule has 0 saturated heterocycles. The van der Waals surface area contributed by atoms with Gasteiger partial charge in [0, 0.05) is 17.3 Å². The van der Waals surface area contributed by atoms with Crippen LogP contribution >= 0.6 is 11.3 Å². The molecular weight excluding hydrogens is 270 g/mol. The van der Waals surface area contributed by atoms with Gasteiger partial charge in [-0.3, -0.25) is 0 Å². The molecule has 0 atom stereocenters. The monoisotopic (exact) mass is 285 g/mol. The zero-order valence-corrected chi connectivity index (χ0v) is 12.4. The number of rotatable bonds is 4. The SMILES string of the molecule is COc1ccc(C)cc1N/C=C(\C#N)c1nc(C)cs1. The number of methoxy groups -OCH3 is 1. The molecule has 1 aromatic heterocycles. The maximum Gasteiger partial charge on any atom is 0.142 e. The zero-order chi connectivity index (χ0) is 14.5. The Bertz CT molecular complexity index is 683. The summed E-state index contributed by atoms with van der Waals surface area (Å²) >= 11 is 1.46. The number of hydrogen-bond donors (Lipinski definition) is 1. The van der Waals surface area contributed by atoms with E-state index < -0.39 is 0 Å². The molecule has 1 aromatic carbocycles. The van der Waals surface area contributed by atoms with E-state index in [1.54, 1.807) is 13.3 Å². The predicted octanol–water partition coefficient (Wildman–Crippen LogP) is 3.75. The largest absolute Gasteiger partial charge is 0.495 e. The molecule has 4 nitrogen and oxygen atoms in total. The highest BCUT2D eigenvalue weighted by atomic mass is 32.1. The lowest BCUT2D eigenvalue weighted by atomic mass is 10.2. The molecule has 0 aliphatic carbocycles. The number of benzene rings is 1. The average Bonchev–Trinajstić information content (AvgIpc) is 2.86. The molecule has 0 bridgehead atoms. The number of nitriles is 1. The van der Waals surface area contributed by atoms with Gasteiger partial charge in [0.2, 0.25) is 0 Å². The van der Waals surface area contributed by atoms with Gasteiger partial charge in [-0.2, -0.15) is 5.26 Å². The highest BCUT2D eigenvalue weighted by molar-refractivity contribution is 7.10. The van der Waals surface area contributed by atoms with Gasteiger partial charge in [0.1, 0.15) is 22.4 Å². The van der Waals surface area contributed by atoms with Crippen LogP contribution in [0.2, 0.25) is 0 Å². The molecule has 20 heavy (non-hydrogen) atoms. The summed E-state index contributed by atoms with van der Waals surface area (Å²) in [6.07, 6.45) is 1.66. The molecule has 2 rings (SSSR count). The van der Waals surface area contributed by atoms with Gasteiger partial charge in [-0.15, -0.1) is 11.3 Å². The third-order valence-corrected chi connectivity index (χ3v) is 3.69. The summed E-state index contributed by atoms with van der Waals surface area (Å²) in [5.74, 6) is 0.736. The second-order valence-corrected chi connectivity index (χ2v) is 5.17. The molecule has 0 aliphatic rings. The van der Waals surface area contributed by atoms with E-state index in [1.807, 2.05) is 37.4 Å². The van der Waals surface area contributed by atoms with Crippen LogP contribution in [-0.4, -0.2) is 12.1 Å². The summed E-state index contributed by atoms with van der Waals surface area (Å²) in [5.41, 5.74) is 3.37. The van der Waals surface area contributed by atoms with E-state index in [-0.39, 0.29) is 0 Å². The first-order valence-corrected chi connectivity index (χ1v) is 6.96. The first-order valence-electron chi connectivity index (χ1n) is 6.08. The average molecular weight is 285 g/mol. The number of thiazole rings is 1. The quantitative estimate of drug-likeness (QED) is 0.869. The van der Waals surface area contributed by atoms with Crippen molar-refractivity contribution in [1.82, 2.24) is 4.98 Å². The Morgan fingerprint density at radius 1 is 1.45 bits per heavy atom. The number of ether oxygens (including phenoxy) is 1. The predicted molar refractivity (Wildman–Crippen MR) is 81.8 cm³/mol. The summed E-state index contributed by atoms with van der Waals surface area (Å²) in [7, 11) is 1.62. The number of nitrogens with one attached hydrogen (secondary N) is 1. The van der Waals surface area contributed by atoms with Gasteiger partial charge in [-0.05, 0) is 31.5 Å². The van der Waals surface area contributed by atoms with Gasteiger partial charge in [0.05, 0.1) is 12.8 Å². The summed E-state index contributed by atoms with van der Waals surface area (Å²) in [5, 5.41) is 15.0. The van der Waals surface area contributed by atoms with Crippen LogP contribution in [0.1, 0.15) is 16.3 Å². The smallest absolute Gasteiger partial charge is 0.142 e. The number of aromatic nitrogens is 1. The van der Waals surface area contributed by atoms with Crippen LogP contribution in [0.5, 0.6) is 5.75 Å². The van der Waals surface area contributed by atoms with Crippen molar-refractivity contribution in [3.05, 3.63) is 46.0 Å². The summed E-state index contributed by atoms with van der Waals surface area (Å²) in [6.45, 7) is 3.91. The Labute approximate surface area is 122 Å². The summed E-state index contributed by atoms with van der Waals surface area (Å²) < 4.78 is 5.29. The van der Waals surface area contributed by atoms with Gasteiger partial charge < -0.3 is 10.1 Å². The standard InChI is InChI=1S/C15H15N3OS/c1-10-4-5-14(19-3)13(6-10)17-8-12(7-16)15-18-11(2)9-20-15/h4-6,8-9,17H,1-3H3/b12-8+. The van der Waals surface area contributed by atoms with E-state index in [1.165, 1.54) is 11.3 Å². The van der Waals surface area contributed by atoms with Gasteiger partial charge in [-0.1, -0.05) is 6.07 Å². The van der Waals surface area contributed by atoms with Crippen molar-refractivity contribution < 1.29 is 4.74 Å². The minimum Gasteiger partial charge on any atom is -0.495 e. The second-order valence-electron chi connectivity index (χ2n) is 4.31. The molecule has 0 fully saturated rings. The number of allylic oxidation sites excluding steroid dienone is 1. The Morgan fingerprint density at radius 3 is 2.85 bits per heavy atom. The van der Waals surface area contributed by atoms with Gasteiger partial charge in [0.15, 0.2) is 0 Å². The van der Waals surface area contributed by atoms with E-state index in [2.05, 4.69) is 16.4 Å². The van der Waals surface area contributed by atoms with Crippen LogP contribution < -0.4 is 10.1 Å². The first kappa shape index (κ1) is 14.1. The first-order chi connectivity index (χ1) is 9.63. The normalized spacial score (nSPS) is 11.0. The lowest BCUT2D eigenvalue weighted by molar-refractivity contribution is 0.416. The molecule has 0 spiro atoms. The highest BCUT2D eigenvalue weighted by Gasteiger charge is 2.06. The summed E-state index contributed by atoms with van der Waals surface area (Å²) in [6, 6.07) is 8.00. The molecule has 0 saturated carbocycles. The van der Waals surface area contributed by atoms with Crippen LogP contribution in [-0.2, 0) is 0 Å². The van der Waals surface area contributed by atoms with E-state index in [0.29, 0.717) is 10.6 Å². The van der Waals surface area contributed by atoms with Crippen molar-refractivity contribution in [2.75, 3.05) is 12.4 Å². The molecule has 0 amide bonds. The Kier molecular flexibility index (Phi) is 4.38. The minimum absolute atomic E-state index is 0.506. The van der Waals surface area contributed by atoms with Crippen molar-refractivity contribution in [1.29, 1.82) is 5.26 Å². The fraction of sp³-hybridized carbons (Fsp3) is 0.200. The Balaban J connectivity index is 2.27. The van der Waals surface area contributed by atoms with Crippen molar-refractivity contribution in [2.24, 2.45) is 0 Å². The molecule has 0 aliphatic heterocycles. The van der Waals surface area contributed by atoms with Gasteiger partial charge in [0.25, 0.3) is 0 Å². The van der Waals surface area contributed by atoms with Crippen molar-refractivity contribution in [3.63, 3.8) is 0 Å². The maximum absolute atomic E-state index is 9.22. The molecule has 0 radical (unpaired) electrons. The maximum atomic E-state index is 9.22. The van der Waals surface area contributed by atoms with E-state index in [4.69, 9.17) is 4.74 Å². The van der Waals surface area contributed by atoms with Crippen molar-refractivity contribution >= 4 is 22.6 Å². The van der Waals surface area contributed by atoms with E-state index in [0.717, 1.165) is 22.7 Å². The van der Waals surface area contributed by atoms with Gasteiger partial charge >= 0.3 is 0 Å². The third-order valence-electron chi connectivity index (χ3n) is 2.70. The molecule has 1 heterocycles. The fourth-order valence-electron chi connectivity index (χ4n) is 1.70. The minimum atomic E-state index is 0.506. The third kappa shape index (κ3) is 3.16. The molecule has 102 valence electrons. The topological polar surface area (TPSA) is 57.9 Å². The molecular formula is C15H15N3OS. The van der Waals surface area contributed by atoms with Crippen LogP contribution in [0, 0.1) is 25.2 Å². The number of aryl methyl sites for hydroxylation is 2. The van der Waals surface area contributed by atoms with Crippen LogP contribution in [0.25, 0.3) is 5.57 Å². The summed E-state index contributed by atoms with van der Waals surface area (Å²) in [4.78, 5) is 4.31. The number of hydrogen-bond acceptors (Lipinski definition) is 5. The molecule has 0 unspecified atom stereocenters. The Hall–Kier alpha value is -2.32. The fourth-order valence-corrected chi connectivity index (χ4v) is 2.47. The lowest BCUT2D eigenvalue weighted by Gasteiger charge is -2.09. The number of anilines is 1. The zero-order valence-electron chi connectivity index (χ0n) is 11.6. The molecule has 2 aromatic rings. The van der Waals surface area contributed by atoms with Gasteiger partial charge in [-0.25, -0.2) is 4.98 Å². The Morgan fingerprint density at radius 2 is 2.25 bits per heavy atom. The van der Waals surface area contributed by atoms with Crippen LogP contribution in [0.15, 0.2) is 29.8 Å². The lowest BCUT2D eigenvalue weighted by Crippen LogP contribution is -1.95. The molecule has 5 heteroatoms. The molecule has 1 N–H and O–H groups in total. The van der Waals surface area contributed by atoms with E-state index in [9.17, 15) is 5.26 Å². The van der Waals surface area contributed by atoms with Crippen molar-refractivity contribution in [2.45, 2.75) is 13.8 Å². The van der Waals surface area contributed by atoms with E-state index >= 15 is 0 Å². The second kappa shape index (κ2) is 6.22. The van der Waals surface area contributed by atoms with Crippen LogP contribution in [0.3, 0.4) is 0 Å². The van der Waals surface area contributed by atoms with Crippen molar-refractivity contribution in [3.8, 4) is 11.8 Å².